The summed E-state index contributed by atoms with van der Waals surface area (Å²) < 4.78 is 5.35. The van der Waals surface area contributed by atoms with Gasteiger partial charge in [0.15, 0.2) is 22.1 Å². The van der Waals surface area contributed by atoms with Crippen LogP contribution in [0.2, 0.25) is 0 Å². The van der Waals surface area contributed by atoms with Crippen LogP contribution in [0.3, 0.4) is 0 Å². The predicted molar refractivity (Wildman–Crippen MR) is 95.8 cm³/mol. The summed E-state index contributed by atoms with van der Waals surface area (Å²) in [6.07, 6.45) is 0. The van der Waals surface area contributed by atoms with Crippen molar-refractivity contribution in [3.8, 4) is 11.5 Å². The molecule has 0 saturated heterocycles. The summed E-state index contributed by atoms with van der Waals surface area (Å²) in [5, 5.41) is 12.9. The van der Waals surface area contributed by atoms with E-state index < -0.39 is 5.92 Å². The van der Waals surface area contributed by atoms with Gasteiger partial charge in [0.25, 0.3) is 5.56 Å². The summed E-state index contributed by atoms with van der Waals surface area (Å²) in [5.41, 5.74) is 1.73. The number of phenolic OH excluding ortho intramolecular Hbond substituents is 1. The smallest absolute Gasteiger partial charge is 0.257 e. The molecule has 4 N–H and O–H groups in total. The van der Waals surface area contributed by atoms with Crippen LogP contribution in [0.15, 0.2) is 34.3 Å². The van der Waals surface area contributed by atoms with E-state index in [2.05, 4.69) is 15.3 Å². The number of allylic oxidation sites excluding steroid dienone is 2. The van der Waals surface area contributed by atoms with Gasteiger partial charge in [-0.3, -0.25) is 14.6 Å². The Kier molecular flexibility index (Phi) is 4.22. The molecule has 1 aromatic heterocycles. The highest BCUT2D eigenvalue weighted by Gasteiger charge is 2.33. The van der Waals surface area contributed by atoms with Crippen LogP contribution in [-0.4, -0.2) is 28.0 Å². The summed E-state index contributed by atoms with van der Waals surface area (Å²) in [7, 11) is 1.44. The third kappa shape index (κ3) is 2.85. The maximum absolute atomic E-state index is 12.6. The monoisotopic (exact) mass is 359 g/mol. The summed E-state index contributed by atoms with van der Waals surface area (Å²) in [4.78, 5) is 30.3. The first-order chi connectivity index (χ1) is 11.8. The number of aromatic amines is 2. The number of ether oxygens (including phenoxy) is 1. The van der Waals surface area contributed by atoms with Crippen LogP contribution in [0.25, 0.3) is 0 Å². The fourth-order valence-corrected chi connectivity index (χ4v) is 3.35. The van der Waals surface area contributed by atoms with Crippen molar-refractivity contribution < 1.29 is 14.6 Å². The molecule has 1 atom stereocenters. The van der Waals surface area contributed by atoms with Gasteiger partial charge in [-0.05, 0) is 43.8 Å². The Balaban J connectivity index is 2.34. The van der Waals surface area contributed by atoms with E-state index in [0.717, 1.165) is 0 Å². The van der Waals surface area contributed by atoms with E-state index in [9.17, 15) is 14.7 Å². The fourth-order valence-electron chi connectivity index (χ4n) is 3.16. The molecule has 1 aliphatic heterocycles. The number of anilines is 1. The highest BCUT2D eigenvalue weighted by Crippen LogP contribution is 2.41. The first-order valence-electron chi connectivity index (χ1n) is 7.55. The quantitative estimate of drug-likeness (QED) is 0.628. The molecule has 8 heteroatoms. The molecule has 130 valence electrons. The van der Waals surface area contributed by atoms with E-state index in [1.165, 1.54) is 20.1 Å². The van der Waals surface area contributed by atoms with Crippen molar-refractivity contribution >= 4 is 23.8 Å². The largest absolute Gasteiger partial charge is 0.504 e. The second-order valence-corrected chi connectivity index (χ2v) is 6.19. The predicted octanol–water partition coefficient (Wildman–Crippen LogP) is 2.57. The van der Waals surface area contributed by atoms with Crippen molar-refractivity contribution in [1.29, 1.82) is 0 Å². The first kappa shape index (κ1) is 17.0. The van der Waals surface area contributed by atoms with Crippen LogP contribution >= 0.6 is 12.2 Å². The summed E-state index contributed by atoms with van der Waals surface area (Å²) in [5.74, 6) is -0.0769. The van der Waals surface area contributed by atoms with E-state index >= 15 is 0 Å². The molecular weight excluding hydrogens is 342 g/mol. The lowest BCUT2D eigenvalue weighted by Crippen LogP contribution is -2.29. The number of hydrogen-bond acceptors (Lipinski definition) is 6. The number of rotatable bonds is 3. The number of benzene rings is 1. The number of aromatic hydroxyl groups is 1. The topological polar surface area (TPSA) is 107 Å². The molecule has 1 aromatic carbocycles. The van der Waals surface area contributed by atoms with E-state index in [1.54, 1.807) is 19.1 Å². The van der Waals surface area contributed by atoms with Crippen molar-refractivity contribution in [2.24, 2.45) is 0 Å². The number of Topliss-reactive ketones (excluding diaryl/α,β-unsaturated/α-hetero) is 1. The summed E-state index contributed by atoms with van der Waals surface area (Å²) >= 11 is 5.03. The van der Waals surface area contributed by atoms with Gasteiger partial charge < -0.3 is 20.1 Å². The molecule has 0 bridgehead atoms. The average Bonchev–Trinajstić information content (AvgIpc) is 2.53. The standard InChI is InChI=1S/C17H17N3O4S/c1-7-12(8(2)21)13(9-4-5-10(22)11(6-9)24-3)14-15(18-7)19-17(25)20-16(14)23/h4-6,13,22H,1-3H3,(H3,18,19,20,23,25). The van der Waals surface area contributed by atoms with Gasteiger partial charge in [-0.2, -0.15) is 0 Å². The number of carbonyl (C=O) groups is 1. The maximum Gasteiger partial charge on any atom is 0.257 e. The molecule has 3 rings (SSSR count). The molecule has 0 radical (unpaired) electrons. The van der Waals surface area contributed by atoms with E-state index in [-0.39, 0.29) is 27.6 Å². The molecule has 2 aromatic rings. The number of fused-ring (bicyclic) bond motifs is 1. The first-order valence-corrected chi connectivity index (χ1v) is 7.96. The summed E-state index contributed by atoms with van der Waals surface area (Å²) in [6.45, 7) is 3.22. The SMILES string of the molecule is COc1cc(C2C(C(C)=O)=C(C)Nc3[nH]c(=S)[nH]c(=O)c32)ccc1O. The highest BCUT2D eigenvalue weighted by atomic mass is 32.1. The van der Waals surface area contributed by atoms with Gasteiger partial charge in [-0.15, -0.1) is 0 Å². The zero-order valence-corrected chi connectivity index (χ0v) is 14.7. The number of aromatic nitrogens is 2. The second-order valence-electron chi connectivity index (χ2n) is 5.78. The lowest BCUT2D eigenvalue weighted by Gasteiger charge is -2.29. The van der Waals surface area contributed by atoms with Crippen LogP contribution in [0.1, 0.15) is 30.9 Å². The third-order valence-electron chi connectivity index (χ3n) is 4.19. The Hall–Kier alpha value is -2.87. The Morgan fingerprint density at radius 3 is 2.68 bits per heavy atom. The average molecular weight is 359 g/mol. The molecule has 1 aliphatic rings. The van der Waals surface area contributed by atoms with Crippen LogP contribution < -0.4 is 15.6 Å². The Labute approximate surface area is 148 Å². The van der Waals surface area contributed by atoms with Crippen molar-refractivity contribution in [2.45, 2.75) is 19.8 Å². The molecular formula is C17H17N3O4S. The number of H-pyrrole nitrogens is 2. The van der Waals surface area contributed by atoms with Crippen LogP contribution in [-0.2, 0) is 4.79 Å². The number of phenols is 1. The molecule has 0 fully saturated rings. The zero-order valence-electron chi connectivity index (χ0n) is 13.9. The summed E-state index contributed by atoms with van der Waals surface area (Å²) in [6, 6.07) is 4.75. The lowest BCUT2D eigenvalue weighted by molar-refractivity contribution is -0.113. The van der Waals surface area contributed by atoms with Gasteiger partial charge in [0.05, 0.1) is 12.7 Å². The van der Waals surface area contributed by atoms with E-state index in [4.69, 9.17) is 17.0 Å². The number of nitrogens with one attached hydrogen (secondary N) is 3. The minimum atomic E-state index is -0.612. The van der Waals surface area contributed by atoms with Crippen molar-refractivity contribution in [3.63, 3.8) is 0 Å². The van der Waals surface area contributed by atoms with Crippen LogP contribution in [0.5, 0.6) is 11.5 Å². The van der Waals surface area contributed by atoms with E-state index in [1.807, 2.05) is 0 Å². The second kappa shape index (κ2) is 6.21. The fraction of sp³-hybridized carbons (Fsp3) is 0.235. The van der Waals surface area contributed by atoms with Crippen molar-refractivity contribution in [2.75, 3.05) is 12.4 Å². The van der Waals surface area contributed by atoms with Gasteiger partial charge >= 0.3 is 0 Å². The Bertz CT molecular complexity index is 1020. The van der Waals surface area contributed by atoms with Crippen LogP contribution in [0.4, 0.5) is 5.82 Å². The molecule has 0 saturated carbocycles. The molecule has 7 nitrogen and oxygen atoms in total. The maximum atomic E-state index is 12.6. The zero-order chi connectivity index (χ0) is 18.3. The Morgan fingerprint density at radius 1 is 1.32 bits per heavy atom. The van der Waals surface area contributed by atoms with Gasteiger partial charge in [0, 0.05) is 17.2 Å². The minimum absolute atomic E-state index is 0.0214. The lowest BCUT2D eigenvalue weighted by atomic mass is 9.80. The number of carbonyl (C=O) groups excluding carboxylic acids is 1. The van der Waals surface area contributed by atoms with Gasteiger partial charge in [-0.1, -0.05) is 6.07 Å². The Morgan fingerprint density at radius 2 is 2.04 bits per heavy atom. The molecule has 2 heterocycles. The minimum Gasteiger partial charge on any atom is -0.504 e. The van der Waals surface area contributed by atoms with Gasteiger partial charge in [0.2, 0.25) is 0 Å². The van der Waals surface area contributed by atoms with Gasteiger partial charge in [0.1, 0.15) is 5.82 Å². The third-order valence-corrected chi connectivity index (χ3v) is 4.39. The van der Waals surface area contributed by atoms with Crippen LogP contribution in [0, 0.1) is 4.77 Å². The van der Waals surface area contributed by atoms with E-state index in [0.29, 0.717) is 28.2 Å². The van der Waals surface area contributed by atoms with Crippen molar-refractivity contribution in [3.05, 3.63) is 55.7 Å². The number of ketones is 1. The molecule has 0 aliphatic carbocycles. The normalized spacial score (nSPS) is 16.2. The highest BCUT2D eigenvalue weighted by molar-refractivity contribution is 7.71. The van der Waals surface area contributed by atoms with Crippen molar-refractivity contribution in [1.82, 2.24) is 9.97 Å². The molecule has 1 unspecified atom stereocenters. The number of methoxy groups -OCH3 is 1. The molecule has 0 spiro atoms. The molecule has 25 heavy (non-hydrogen) atoms. The molecule has 0 amide bonds. The number of hydrogen-bond donors (Lipinski definition) is 4. The van der Waals surface area contributed by atoms with Gasteiger partial charge in [-0.25, -0.2) is 0 Å².